The number of aromatic nitrogens is 3. The van der Waals surface area contributed by atoms with Crippen molar-refractivity contribution >= 4 is 39.8 Å². The summed E-state index contributed by atoms with van der Waals surface area (Å²) in [6, 6.07) is 5.20. The van der Waals surface area contributed by atoms with E-state index < -0.39 is 23.5 Å². The lowest BCUT2D eigenvalue weighted by atomic mass is 9.93. The van der Waals surface area contributed by atoms with Crippen LogP contribution in [0.25, 0.3) is 33.4 Å². The first-order chi connectivity index (χ1) is 26.5. The van der Waals surface area contributed by atoms with Crippen LogP contribution in [0.3, 0.4) is 0 Å². The molecule has 0 spiro atoms. The van der Waals surface area contributed by atoms with Gasteiger partial charge >= 0.3 is 5.97 Å². The molecule has 0 radical (unpaired) electrons. The maximum Gasteiger partial charge on any atom is 0.324 e. The summed E-state index contributed by atoms with van der Waals surface area (Å²) in [6.45, 7) is 12.9. The Kier molecular flexibility index (Phi) is 10.5. The molecule has 294 valence electrons. The van der Waals surface area contributed by atoms with Crippen LogP contribution >= 0.6 is 11.3 Å². The third kappa shape index (κ3) is 7.39. The number of esters is 1. The highest BCUT2D eigenvalue weighted by atomic mass is 32.1. The monoisotopic (exact) mass is 772 g/mol. The van der Waals surface area contributed by atoms with Gasteiger partial charge in [0.15, 0.2) is 5.82 Å². The van der Waals surface area contributed by atoms with E-state index in [4.69, 9.17) is 25.2 Å². The number of hydrogen-bond donors (Lipinski definition) is 2. The number of amides is 1. The number of thiazole rings is 1. The van der Waals surface area contributed by atoms with Gasteiger partial charge in [-0.1, -0.05) is 26.8 Å². The van der Waals surface area contributed by atoms with Crippen LogP contribution in [0.4, 0.5) is 10.1 Å². The number of fused-ring (bicyclic) bond motifs is 6. The zero-order valence-electron chi connectivity index (χ0n) is 32.6. The quantitative estimate of drug-likeness (QED) is 0.244. The minimum absolute atomic E-state index is 0.0830. The molecule has 8 rings (SSSR count). The number of halogens is 1. The predicted molar refractivity (Wildman–Crippen MR) is 212 cm³/mol. The number of nitrogens with one attached hydrogen (secondary N) is 1. The van der Waals surface area contributed by atoms with Gasteiger partial charge in [-0.2, -0.15) is 0 Å². The largest absolute Gasteiger partial charge is 0.464 e. The number of nitrogens with two attached hydrogens (primary N) is 1. The number of aryl methyl sites for hydroxylation is 1. The lowest BCUT2D eigenvalue weighted by molar-refractivity contribution is -0.155. The van der Waals surface area contributed by atoms with E-state index in [0.717, 1.165) is 65.8 Å². The van der Waals surface area contributed by atoms with Gasteiger partial charge in [-0.3, -0.25) is 24.5 Å². The number of cyclic esters (lactones) is 1. The summed E-state index contributed by atoms with van der Waals surface area (Å²) >= 11 is 1.36. The topological polar surface area (TPSA) is 131 Å². The third-order valence-corrected chi connectivity index (χ3v) is 12.6. The molecule has 0 unspecified atom stereocenters. The summed E-state index contributed by atoms with van der Waals surface area (Å²) in [7, 11) is 1.69. The maximum absolute atomic E-state index is 17.5. The third-order valence-electron chi connectivity index (χ3n) is 11.7. The zero-order chi connectivity index (χ0) is 38.6. The van der Waals surface area contributed by atoms with Crippen molar-refractivity contribution in [1.82, 2.24) is 29.9 Å². The van der Waals surface area contributed by atoms with Gasteiger partial charge in [-0.15, -0.1) is 11.3 Å². The molecule has 3 aromatic heterocycles. The number of carbonyl (C=O) groups is 2. The van der Waals surface area contributed by atoms with Crippen LogP contribution < -0.4 is 16.1 Å². The lowest BCUT2D eigenvalue weighted by Crippen LogP contribution is -2.59. The van der Waals surface area contributed by atoms with Crippen LogP contribution in [0, 0.1) is 11.2 Å². The van der Waals surface area contributed by atoms with Crippen LogP contribution in [0.5, 0.6) is 0 Å². The van der Waals surface area contributed by atoms with Crippen molar-refractivity contribution in [1.29, 1.82) is 0 Å². The second-order valence-corrected chi connectivity index (χ2v) is 17.3. The molecule has 3 fully saturated rings. The Bertz CT molecular complexity index is 2090. The van der Waals surface area contributed by atoms with Gasteiger partial charge in [0.2, 0.25) is 0 Å². The number of nitrogens with zero attached hydrogens (tertiary/aromatic N) is 6. The van der Waals surface area contributed by atoms with Crippen LogP contribution in [0.15, 0.2) is 29.8 Å². The van der Waals surface area contributed by atoms with Crippen molar-refractivity contribution in [2.24, 2.45) is 11.1 Å². The number of piperazine rings is 1. The van der Waals surface area contributed by atoms with E-state index in [0.29, 0.717) is 54.1 Å². The van der Waals surface area contributed by atoms with Gasteiger partial charge in [0.05, 0.1) is 58.2 Å². The second-order valence-electron chi connectivity index (χ2n) is 16.4. The summed E-state index contributed by atoms with van der Waals surface area (Å²) < 4.78 is 31.5. The van der Waals surface area contributed by atoms with E-state index in [1.807, 2.05) is 44.5 Å². The van der Waals surface area contributed by atoms with Crippen molar-refractivity contribution in [3.8, 4) is 22.5 Å². The fourth-order valence-corrected chi connectivity index (χ4v) is 9.36. The molecular weight excluding hydrogens is 720 g/mol. The van der Waals surface area contributed by atoms with E-state index in [1.54, 1.807) is 7.11 Å². The number of methoxy groups -OCH3 is 1. The lowest BCUT2D eigenvalue weighted by Gasteiger charge is -2.36. The Morgan fingerprint density at radius 1 is 1.13 bits per heavy atom. The van der Waals surface area contributed by atoms with Crippen LogP contribution in [-0.4, -0.2) is 101 Å². The summed E-state index contributed by atoms with van der Waals surface area (Å²) in [5.41, 5.74) is 14.8. The van der Waals surface area contributed by atoms with Crippen LogP contribution in [0.2, 0.25) is 0 Å². The van der Waals surface area contributed by atoms with Crippen molar-refractivity contribution in [2.45, 2.75) is 97.0 Å². The molecule has 14 heteroatoms. The summed E-state index contributed by atoms with van der Waals surface area (Å²) in [5.74, 6) is -1.13. The Labute approximate surface area is 326 Å². The number of ether oxygens (including phenoxy) is 2. The van der Waals surface area contributed by atoms with Crippen molar-refractivity contribution in [3.63, 3.8) is 0 Å². The minimum Gasteiger partial charge on any atom is -0.464 e. The highest BCUT2D eigenvalue weighted by Gasteiger charge is 2.36. The molecular formula is C41H53FN8O4S. The average molecular weight is 773 g/mol. The molecule has 4 aliphatic rings. The van der Waals surface area contributed by atoms with Gasteiger partial charge in [0, 0.05) is 86.1 Å². The molecule has 6 bridgehead atoms. The molecule has 2 saturated heterocycles. The van der Waals surface area contributed by atoms with Crippen molar-refractivity contribution in [3.05, 3.63) is 51.9 Å². The molecule has 1 aromatic carbocycles. The second kappa shape index (κ2) is 15.2. The van der Waals surface area contributed by atoms with Gasteiger partial charge in [-0.25, -0.2) is 14.8 Å². The first-order valence-electron chi connectivity index (χ1n) is 19.8. The van der Waals surface area contributed by atoms with Gasteiger partial charge in [0.25, 0.3) is 5.91 Å². The fraction of sp³-hybridized carbons (Fsp3) is 0.561. The number of rotatable bonds is 6. The molecule has 1 aliphatic carbocycles. The standard InChI is InChI=1S/C41H53FN8O4S/c1-6-27-28-11-12-29-33-21-55-34(45-33)19-31(43)39(51)50-13-7-8-32(46-50)40(52)54-23-41(3,4)22-49(38(28)35(29)42)37(27)30-18-26(20-44-36(30)24(2)53-5)48-16-14-47(15-17-48)25-9-10-25/h11-12,18,20-21,24-25,31-32,46H,6-10,13-17,19,22-23,43H2,1-5H3/t24-,31-,32-/m0/s1. The highest BCUT2D eigenvalue weighted by Crippen LogP contribution is 2.43. The van der Waals surface area contributed by atoms with E-state index >= 15 is 4.39 Å². The smallest absolute Gasteiger partial charge is 0.324 e. The number of hydrogen-bond acceptors (Lipinski definition) is 11. The Balaban J connectivity index is 1.29. The number of carbonyl (C=O) groups excluding carboxylic acids is 2. The molecule has 1 saturated carbocycles. The number of anilines is 1. The van der Waals surface area contributed by atoms with E-state index in [1.165, 1.54) is 29.2 Å². The first-order valence-corrected chi connectivity index (χ1v) is 20.6. The van der Waals surface area contributed by atoms with Crippen LogP contribution in [-0.2, 0) is 38.4 Å². The van der Waals surface area contributed by atoms with Gasteiger partial charge in [-0.05, 0) is 56.7 Å². The van der Waals surface area contributed by atoms with Gasteiger partial charge < -0.3 is 24.7 Å². The predicted octanol–water partition coefficient (Wildman–Crippen LogP) is 5.47. The molecule has 3 aliphatic heterocycles. The molecule has 4 aromatic rings. The van der Waals surface area contributed by atoms with E-state index in [2.05, 4.69) is 32.8 Å². The summed E-state index contributed by atoms with van der Waals surface area (Å²) in [4.78, 5) is 41.8. The number of benzene rings is 1. The zero-order valence-corrected chi connectivity index (χ0v) is 33.4. The first kappa shape index (κ1) is 37.9. The van der Waals surface area contributed by atoms with E-state index in [-0.39, 0.29) is 30.9 Å². The Hall–Kier alpha value is -3.95. The molecule has 3 atom stereocenters. The maximum atomic E-state index is 17.5. The number of hydrazine groups is 1. The SMILES string of the molecule is CCc1c(-c2cc(N3CCN(C4CC4)CC3)cnc2[C@H](C)OC)n2c3c(F)c(ccc13)-c1csc(n1)C[C@H](N)C(=O)N1CCC[C@H](N1)C(=O)OCC(C)(C)C2. The van der Waals surface area contributed by atoms with Crippen molar-refractivity contribution < 1.29 is 23.5 Å². The minimum atomic E-state index is -0.881. The molecule has 3 N–H and O–H groups in total. The highest BCUT2D eigenvalue weighted by molar-refractivity contribution is 7.10. The summed E-state index contributed by atoms with van der Waals surface area (Å²) in [5, 5.41) is 4.72. The Morgan fingerprint density at radius 2 is 1.91 bits per heavy atom. The van der Waals surface area contributed by atoms with Crippen LogP contribution in [0.1, 0.15) is 75.7 Å². The molecule has 1 amide bonds. The summed E-state index contributed by atoms with van der Waals surface area (Å²) in [6.07, 6.45) is 6.23. The van der Waals surface area contributed by atoms with Crippen molar-refractivity contribution in [2.75, 3.05) is 51.3 Å². The average Bonchev–Trinajstić information content (AvgIpc) is 3.87. The molecule has 6 heterocycles. The molecule has 55 heavy (non-hydrogen) atoms. The van der Waals surface area contributed by atoms with Gasteiger partial charge in [0.1, 0.15) is 6.04 Å². The van der Waals surface area contributed by atoms with E-state index in [9.17, 15) is 9.59 Å². The fourth-order valence-electron chi connectivity index (χ4n) is 8.50. The molecule has 12 nitrogen and oxygen atoms in total. The number of pyridine rings is 1. The normalized spacial score (nSPS) is 23.2. The Morgan fingerprint density at radius 3 is 2.64 bits per heavy atom.